The van der Waals surface area contributed by atoms with E-state index in [-0.39, 0.29) is 17.1 Å². The van der Waals surface area contributed by atoms with Crippen LogP contribution in [0.5, 0.6) is 5.75 Å². The van der Waals surface area contributed by atoms with Gasteiger partial charge >= 0.3 is 6.16 Å². The van der Waals surface area contributed by atoms with E-state index in [1.807, 2.05) is 28.8 Å². The second-order valence-electron chi connectivity index (χ2n) is 10.6. The minimum atomic E-state index is -1.38. The van der Waals surface area contributed by atoms with Crippen LogP contribution < -0.4 is 10.1 Å². The first-order valence-corrected chi connectivity index (χ1v) is 12.1. The maximum atomic E-state index is 13.2. The van der Waals surface area contributed by atoms with Crippen molar-refractivity contribution in [3.8, 4) is 5.75 Å². The van der Waals surface area contributed by atoms with Crippen molar-refractivity contribution in [3.63, 3.8) is 0 Å². The standard InChI is InChI=1S/C25H29N5O4/c1-15-21(34-24(32)33)13-29(28-15)11-19-12-30-20(3-2-4-22(30)27-19)23(31)26-14-25-8-16-5-17(9-25)7-18(6-16)10-25/h2-4,12-13,16-18H,5-11,14H2,1H3,(H,26,31)(H,32,33). The average molecular weight is 464 g/mol. The number of aromatic nitrogens is 4. The molecule has 0 radical (unpaired) electrons. The molecule has 3 heterocycles. The van der Waals surface area contributed by atoms with Crippen LogP contribution in [0.1, 0.15) is 60.4 Å². The van der Waals surface area contributed by atoms with Crippen LogP contribution in [-0.2, 0) is 6.54 Å². The van der Waals surface area contributed by atoms with Gasteiger partial charge < -0.3 is 15.2 Å². The number of amides is 1. The molecule has 0 unspecified atom stereocenters. The van der Waals surface area contributed by atoms with Gasteiger partial charge in [0.1, 0.15) is 17.0 Å². The molecule has 4 saturated carbocycles. The van der Waals surface area contributed by atoms with Gasteiger partial charge in [-0.2, -0.15) is 5.10 Å². The molecule has 7 rings (SSSR count). The number of pyridine rings is 1. The quantitative estimate of drug-likeness (QED) is 0.537. The first kappa shape index (κ1) is 21.2. The van der Waals surface area contributed by atoms with Gasteiger partial charge in [-0.05, 0) is 80.8 Å². The van der Waals surface area contributed by atoms with Crippen LogP contribution in [0.2, 0.25) is 0 Å². The Labute approximate surface area is 197 Å². The highest BCUT2D eigenvalue weighted by Gasteiger charge is 2.50. The summed E-state index contributed by atoms with van der Waals surface area (Å²) in [4.78, 5) is 28.7. The minimum Gasteiger partial charge on any atom is -0.449 e. The van der Waals surface area contributed by atoms with E-state index in [0.29, 0.717) is 29.3 Å². The van der Waals surface area contributed by atoms with E-state index in [2.05, 4.69) is 15.4 Å². The number of rotatable bonds is 6. The summed E-state index contributed by atoms with van der Waals surface area (Å²) in [6.07, 6.45) is 9.95. The zero-order chi connectivity index (χ0) is 23.4. The minimum absolute atomic E-state index is 0.0719. The third-order valence-corrected chi connectivity index (χ3v) is 7.99. The van der Waals surface area contributed by atoms with Crippen LogP contribution in [0.3, 0.4) is 0 Å². The van der Waals surface area contributed by atoms with Crippen LogP contribution in [0, 0.1) is 30.1 Å². The second kappa shape index (κ2) is 7.85. The predicted molar refractivity (Wildman–Crippen MR) is 123 cm³/mol. The van der Waals surface area contributed by atoms with Gasteiger partial charge in [0.25, 0.3) is 5.91 Å². The number of imidazole rings is 1. The Morgan fingerprint density at radius 3 is 2.53 bits per heavy atom. The second-order valence-corrected chi connectivity index (χ2v) is 10.6. The molecule has 9 heteroatoms. The summed E-state index contributed by atoms with van der Waals surface area (Å²) < 4.78 is 8.14. The van der Waals surface area contributed by atoms with Crippen LogP contribution in [-0.4, -0.2) is 42.9 Å². The van der Waals surface area contributed by atoms with Gasteiger partial charge in [-0.1, -0.05) is 6.07 Å². The Kier molecular flexibility index (Phi) is 4.89. The number of fused-ring (bicyclic) bond motifs is 1. The van der Waals surface area contributed by atoms with Crippen molar-refractivity contribution in [1.82, 2.24) is 24.5 Å². The van der Waals surface area contributed by atoms with Crippen LogP contribution in [0.25, 0.3) is 5.65 Å². The lowest BCUT2D eigenvalue weighted by molar-refractivity contribution is -0.0503. The van der Waals surface area contributed by atoms with E-state index in [4.69, 9.17) is 9.84 Å². The molecule has 4 aliphatic carbocycles. The van der Waals surface area contributed by atoms with Crippen LogP contribution in [0.15, 0.2) is 30.6 Å². The van der Waals surface area contributed by atoms with E-state index in [0.717, 1.165) is 24.3 Å². The number of carboxylic acid groups (broad SMARTS) is 1. The van der Waals surface area contributed by atoms with E-state index in [1.54, 1.807) is 11.6 Å². The molecule has 0 atom stereocenters. The van der Waals surface area contributed by atoms with Crippen molar-refractivity contribution in [2.45, 2.75) is 52.0 Å². The van der Waals surface area contributed by atoms with E-state index < -0.39 is 6.16 Å². The fourth-order valence-electron chi connectivity index (χ4n) is 7.13. The van der Waals surface area contributed by atoms with Gasteiger partial charge in [0.05, 0.1) is 18.4 Å². The molecule has 4 aliphatic rings. The van der Waals surface area contributed by atoms with E-state index >= 15 is 0 Å². The molecule has 3 aromatic heterocycles. The number of carbonyl (C=O) groups is 2. The predicted octanol–water partition coefficient (Wildman–Crippen LogP) is 3.89. The molecule has 4 bridgehead atoms. The summed E-state index contributed by atoms with van der Waals surface area (Å²) in [7, 11) is 0. The monoisotopic (exact) mass is 463 g/mol. The summed E-state index contributed by atoms with van der Waals surface area (Å²) in [6.45, 7) is 2.77. The Morgan fingerprint density at radius 1 is 1.15 bits per heavy atom. The molecule has 1 amide bonds. The number of hydrogen-bond acceptors (Lipinski definition) is 5. The van der Waals surface area contributed by atoms with Crippen molar-refractivity contribution in [2.24, 2.45) is 23.2 Å². The average Bonchev–Trinajstić information content (AvgIpc) is 3.33. The van der Waals surface area contributed by atoms with Gasteiger partial charge in [0, 0.05) is 12.7 Å². The maximum absolute atomic E-state index is 13.2. The number of aryl methyl sites for hydroxylation is 1. The largest absolute Gasteiger partial charge is 0.511 e. The lowest BCUT2D eigenvalue weighted by Gasteiger charge is -2.56. The van der Waals surface area contributed by atoms with Crippen molar-refractivity contribution in [3.05, 3.63) is 47.7 Å². The zero-order valence-electron chi connectivity index (χ0n) is 19.2. The molecule has 3 aromatic rings. The summed E-state index contributed by atoms with van der Waals surface area (Å²) in [6, 6.07) is 5.54. The van der Waals surface area contributed by atoms with Gasteiger partial charge in [-0.25, -0.2) is 9.78 Å². The maximum Gasteiger partial charge on any atom is 0.511 e. The van der Waals surface area contributed by atoms with Crippen molar-refractivity contribution < 1.29 is 19.4 Å². The topological polar surface area (TPSA) is 111 Å². The molecule has 34 heavy (non-hydrogen) atoms. The number of hydrogen-bond donors (Lipinski definition) is 2. The Bertz CT molecular complexity index is 1240. The highest BCUT2D eigenvalue weighted by atomic mass is 16.7. The highest BCUT2D eigenvalue weighted by Crippen LogP contribution is 2.59. The first-order valence-electron chi connectivity index (χ1n) is 12.1. The Balaban J connectivity index is 1.18. The fourth-order valence-corrected chi connectivity index (χ4v) is 7.13. The summed E-state index contributed by atoms with van der Waals surface area (Å²) in [5, 5.41) is 16.4. The SMILES string of the molecule is Cc1nn(Cc2cn3c(C(=O)NCC45CC6CC(CC(C6)C4)C5)cccc3n2)cc1OC(=O)O. The summed E-state index contributed by atoms with van der Waals surface area (Å²) >= 11 is 0. The number of ether oxygens (including phenoxy) is 1. The van der Waals surface area contributed by atoms with Gasteiger partial charge in [0.2, 0.25) is 0 Å². The summed E-state index contributed by atoms with van der Waals surface area (Å²) in [5.41, 5.74) is 2.73. The number of nitrogens with zero attached hydrogens (tertiary/aromatic N) is 4. The first-order chi connectivity index (χ1) is 16.4. The molecule has 0 saturated heterocycles. The zero-order valence-corrected chi connectivity index (χ0v) is 19.2. The molecule has 178 valence electrons. The molecule has 0 aromatic carbocycles. The molecule has 9 nitrogen and oxygen atoms in total. The number of nitrogens with one attached hydrogen (secondary N) is 1. The Hall–Kier alpha value is -3.36. The summed E-state index contributed by atoms with van der Waals surface area (Å²) in [5.74, 6) is 2.69. The molecule has 4 fully saturated rings. The molecular weight excluding hydrogens is 434 g/mol. The van der Waals surface area contributed by atoms with Crippen molar-refractivity contribution >= 4 is 17.7 Å². The highest BCUT2D eigenvalue weighted by molar-refractivity contribution is 5.93. The van der Waals surface area contributed by atoms with Crippen LogP contribution in [0.4, 0.5) is 4.79 Å². The lowest BCUT2D eigenvalue weighted by atomic mass is 9.49. The van der Waals surface area contributed by atoms with E-state index in [9.17, 15) is 9.59 Å². The Morgan fingerprint density at radius 2 is 1.85 bits per heavy atom. The molecule has 0 spiro atoms. The normalized spacial score (nSPS) is 27.3. The lowest BCUT2D eigenvalue weighted by Crippen LogP contribution is -2.51. The fraction of sp³-hybridized carbons (Fsp3) is 0.520. The van der Waals surface area contributed by atoms with Gasteiger partial charge in [-0.3, -0.25) is 13.9 Å². The smallest absolute Gasteiger partial charge is 0.449 e. The third kappa shape index (κ3) is 3.82. The van der Waals surface area contributed by atoms with Gasteiger partial charge in [0.15, 0.2) is 5.75 Å². The van der Waals surface area contributed by atoms with Crippen molar-refractivity contribution in [1.29, 1.82) is 0 Å². The number of carbonyl (C=O) groups excluding carboxylic acids is 1. The van der Waals surface area contributed by atoms with Crippen LogP contribution >= 0.6 is 0 Å². The third-order valence-electron chi connectivity index (χ3n) is 7.99. The van der Waals surface area contributed by atoms with E-state index in [1.165, 1.54) is 44.7 Å². The van der Waals surface area contributed by atoms with Gasteiger partial charge in [-0.15, -0.1) is 0 Å². The molecule has 0 aliphatic heterocycles. The molecule has 2 N–H and O–H groups in total. The molecular formula is C25H29N5O4. The van der Waals surface area contributed by atoms with Crippen molar-refractivity contribution in [2.75, 3.05) is 6.54 Å².